The third-order valence-electron chi connectivity index (χ3n) is 3.72. The van der Waals surface area contributed by atoms with E-state index in [1.54, 1.807) is 18.2 Å². The van der Waals surface area contributed by atoms with E-state index in [9.17, 15) is 10.1 Å². The average Bonchev–Trinajstić information content (AvgIpc) is 2.74. The number of nitrogens with zero attached hydrogens (tertiary/aromatic N) is 3. The molecule has 0 N–H and O–H groups in total. The number of likely N-dealkylation sites (N-methyl/N-ethyl adjacent to an activating group) is 2. The summed E-state index contributed by atoms with van der Waals surface area (Å²) in [6.07, 6.45) is 2.32. The van der Waals surface area contributed by atoms with Crippen molar-refractivity contribution < 1.29 is 4.92 Å². The Morgan fingerprint density at radius 3 is 2.89 bits per heavy atom. The molecule has 6 heteroatoms. The molecule has 0 saturated carbocycles. The summed E-state index contributed by atoms with van der Waals surface area (Å²) in [6, 6.07) is 5.50. The van der Waals surface area contributed by atoms with Gasteiger partial charge in [0.05, 0.1) is 4.92 Å². The van der Waals surface area contributed by atoms with Crippen LogP contribution in [0.15, 0.2) is 18.2 Å². The van der Waals surface area contributed by atoms with Crippen LogP contribution in [0, 0.1) is 10.1 Å². The highest BCUT2D eigenvalue weighted by molar-refractivity contribution is 6.33. The van der Waals surface area contributed by atoms with Crippen molar-refractivity contribution in [3.63, 3.8) is 0 Å². The minimum absolute atomic E-state index is 0.00711. The quantitative estimate of drug-likeness (QED) is 0.630. The summed E-state index contributed by atoms with van der Waals surface area (Å²) in [7, 11) is 3.97. The molecular formula is C13H18ClN3O2. The van der Waals surface area contributed by atoms with Crippen LogP contribution in [0.4, 0.5) is 11.4 Å². The van der Waals surface area contributed by atoms with Crippen LogP contribution in [0.25, 0.3) is 0 Å². The molecule has 1 heterocycles. The number of anilines is 1. The SMILES string of the molecule is CN(CC1CCCN1C)c1cccc(Cl)c1[N+](=O)[O-]. The van der Waals surface area contributed by atoms with Crippen LogP contribution < -0.4 is 4.90 Å². The molecular weight excluding hydrogens is 266 g/mol. The lowest BCUT2D eigenvalue weighted by atomic mass is 10.2. The van der Waals surface area contributed by atoms with Gasteiger partial charge in [-0.05, 0) is 38.6 Å². The highest BCUT2D eigenvalue weighted by Crippen LogP contribution is 2.34. The molecule has 0 radical (unpaired) electrons. The first-order valence-corrected chi connectivity index (χ1v) is 6.72. The summed E-state index contributed by atoms with van der Waals surface area (Å²) in [4.78, 5) is 14.9. The number of hydrogen-bond donors (Lipinski definition) is 0. The highest BCUT2D eigenvalue weighted by atomic mass is 35.5. The van der Waals surface area contributed by atoms with Crippen LogP contribution >= 0.6 is 11.6 Å². The van der Waals surface area contributed by atoms with Gasteiger partial charge in [-0.15, -0.1) is 0 Å². The maximum atomic E-state index is 11.1. The molecule has 1 atom stereocenters. The fraction of sp³-hybridized carbons (Fsp3) is 0.538. The second kappa shape index (κ2) is 5.75. The molecule has 0 aromatic heterocycles. The lowest BCUT2D eigenvalue weighted by Gasteiger charge is -2.27. The number of halogens is 1. The predicted molar refractivity (Wildman–Crippen MR) is 77.0 cm³/mol. The second-order valence-electron chi connectivity index (χ2n) is 5.02. The first-order valence-electron chi connectivity index (χ1n) is 6.35. The molecule has 0 spiro atoms. The van der Waals surface area contributed by atoms with Gasteiger partial charge in [0.1, 0.15) is 10.7 Å². The monoisotopic (exact) mass is 283 g/mol. The zero-order chi connectivity index (χ0) is 14.0. The number of rotatable bonds is 4. The van der Waals surface area contributed by atoms with Gasteiger partial charge in [-0.25, -0.2) is 0 Å². The summed E-state index contributed by atoms with van der Waals surface area (Å²) in [5.41, 5.74) is 0.574. The molecule has 5 nitrogen and oxygen atoms in total. The van der Waals surface area contributed by atoms with Crippen LogP contribution in [0.1, 0.15) is 12.8 Å². The molecule has 1 aliphatic heterocycles. The maximum absolute atomic E-state index is 11.1. The van der Waals surface area contributed by atoms with Crippen molar-refractivity contribution in [3.8, 4) is 0 Å². The Kier molecular flexibility index (Phi) is 4.27. The molecule has 1 aliphatic rings. The van der Waals surface area contributed by atoms with E-state index in [1.165, 1.54) is 6.42 Å². The molecule has 1 unspecified atom stereocenters. The lowest BCUT2D eigenvalue weighted by molar-refractivity contribution is -0.384. The number of nitro groups is 1. The Morgan fingerprint density at radius 1 is 1.58 bits per heavy atom. The number of likely N-dealkylation sites (tertiary alicyclic amines) is 1. The van der Waals surface area contributed by atoms with E-state index >= 15 is 0 Å². The van der Waals surface area contributed by atoms with Gasteiger partial charge >= 0.3 is 5.69 Å². The summed E-state index contributed by atoms with van der Waals surface area (Å²) in [5, 5.41) is 11.3. The fourth-order valence-electron chi connectivity index (χ4n) is 2.62. The molecule has 1 aromatic rings. The Labute approximate surface area is 117 Å². The Hall–Kier alpha value is -1.33. The van der Waals surface area contributed by atoms with Gasteiger partial charge in [0, 0.05) is 19.6 Å². The molecule has 19 heavy (non-hydrogen) atoms. The fourth-order valence-corrected chi connectivity index (χ4v) is 2.86. The topological polar surface area (TPSA) is 49.6 Å². The predicted octanol–water partition coefficient (Wildman–Crippen LogP) is 2.78. The molecule has 0 bridgehead atoms. The van der Waals surface area contributed by atoms with E-state index in [4.69, 9.17) is 11.6 Å². The molecule has 1 fully saturated rings. The van der Waals surface area contributed by atoms with E-state index in [0.29, 0.717) is 11.7 Å². The van der Waals surface area contributed by atoms with E-state index in [-0.39, 0.29) is 10.7 Å². The van der Waals surface area contributed by atoms with Gasteiger partial charge in [0.25, 0.3) is 0 Å². The number of benzene rings is 1. The second-order valence-corrected chi connectivity index (χ2v) is 5.43. The zero-order valence-corrected chi connectivity index (χ0v) is 11.9. The van der Waals surface area contributed by atoms with Crippen LogP contribution in [0.3, 0.4) is 0 Å². The van der Waals surface area contributed by atoms with E-state index in [1.807, 2.05) is 11.9 Å². The third kappa shape index (κ3) is 2.98. The summed E-state index contributed by atoms with van der Waals surface area (Å²) in [6.45, 7) is 1.87. The minimum Gasteiger partial charge on any atom is -0.367 e. The maximum Gasteiger partial charge on any atom is 0.310 e. The van der Waals surface area contributed by atoms with Crippen LogP contribution in [-0.2, 0) is 0 Å². The molecule has 1 aromatic carbocycles. The smallest absolute Gasteiger partial charge is 0.310 e. The van der Waals surface area contributed by atoms with E-state index < -0.39 is 4.92 Å². The van der Waals surface area contributed by atoms with Crippen molar-refractivity contribution in [1.82, 2.24) is 4.90 Å². The first-order chi connectivity index (χ1) is 9.00. The number of nitro benzene ring substituents is 1. The Balaban J connectivity index is 2.21. The zero-order valence-electron chi connectivity index (χ0n) is 11.2. The van der Waals surface area contributed by atoms with Gasteiger partial charge in [-0.1, -0.05) is 17.7 Å². The summed E-state index contributed by atoms with van der Waals surface area (Å²) >= 11 is 5.94. The van der Waals surface area contributed by atoms with Gasteiger partial charge in [0.15, 0.2) is 0 Å². The van der Waals surface area contributed by atoms with Gasteiger partial charge in [0.2, 0.25) is 0 Å². The van der Waals surface area contributed by atoms with E-state index in [2.05, 4.69) is 11.9 Å². The third-order valence-corrected chi connectivity index (χ3v) is 4.02. The van der Waals surface area contributed by atoms with Crippen molar-refractivity contribution >= 4 is 23.0 Å². The summed E-state index contributed by atoms with van der Waals surface area (Å²) in [5.74, 6) is 0. The average molecular weight is 284 g/mol. The van der Waals surface area contributed by atoms with Gasteiger partial charge in [-0.3, -0.25) is 10.1 Å². The van der Waals surface area contributed by atoms with Crippen molar-refractivity contribution in [3.05, 3.63) is 33.3 Å². The molecule has 0 amide bonds. The largest absolute Gasteiger partial charge is 0.367 e. The lowest BCUT2D eigenvalue weighted by Crippen LogP contribution is -2.36. The highest BCUT2D eigenvalue weighted by Gasteiger charge is 2.26. The van der Waals surface area contributed by atoms with Crippen molar-refractivity contribution in [2.24, 2.45) is 0 Å². The van der Waals surface area contributed by atoms with E-state index in [0.717, 1.165) is 19.5 Å². The van der Waals surface area contributed by atoms with Crippen LogP contribution in [-0.4, -0.2) is 43.0 Å². The Morgan fingerprint density at radius 2 is 2.32 bits per heavy atom. The minimum atomic E-state index is -0.410. The van der Waals surface area contributed by atoms with Crippen molar-refractivity contribution in [2.75, 3.05) is 32.1 Å². The van der Waals surface area contributed by atoms with Crippen LogP contribution in [0.2, 0.25) is 5.02 Å². The normalized spacial score (nSPS) is 19.6. The number of hydrogen-bond acceptors (Lipinski definition) is 4. The Bertz CT molecular complexity index is 481. The molecule has 104 valence electrons. The van der Waals surface area contributed by atoms with Gasteiger partial charge in [-0.2, -0.15) is 0 Å². The van der Waals surface area contributed by atoms with Crippen molar-refractivity contribution in [2.45, 2.75) is 18.9 Å². The number of para-hydroxylation sites is 1. The van der Waals surface area contributed by atoms with Crippen LogP contribution in [0.5, 0.6) is 0 Å². The molecule has 1 saturated heterocycles. The molecule has 2 rings (SSSR count). The van der Waals surface area contributed by atoms with Gasteiger partial charge < -0.3 is 9.80 Å². The first kappa shape index (κ1) is 14.1. The molecule has 0 aliphatic carbocycles. The standard InChI is InChI=1S/C13H18ClN3O2/c1-15-8-4-5-10(15)9-16(2)12-7-3-6-11(14)13(12)17(18)19/h3,6-7,10H,4-5,8-9H2,1-2H3. The van der Waals surface area contributed by atoms with Crippen molar-refractivity contribution in [1.29, 1.82) is 0 Å². The summed E-state index contributed by atoms with van der Waals surface area (Å²) < 4.78 is 0.